The van der Waals surface area contributed by atoms with E-state index in [1.165, 1.54) is 6.07 Å². The van der Waals surface area contributed by atoms with E-state index in [1.54, 1.807) is 12.1 Å². The SMILES string of the molecule is CCNCc1ccc(N(CC)CC)cc1C(F)(F)F. The fourth-order valence-corrected chi connectivity index (χ4v) is 2.03. The highest BCUT2D eigenvalue weighted by atomic mass is 19.4. The molecule has 0 aliphatic heterocycles. The molecule has 0 saturated heterocycles. The molecule has 0 amide bonds. The van der Waals surface area contributed by atoms with Crippen molar-refractivity contribution in [1.82, 2.24) is 5.32 Å². The molecule has 108 valence electrons. The summed E-state index contributed by atoms with van der Waals surface area (Å²) in [6.45, 7) is 8.02. The molecule has 5 heteroatoms. The molecule has 0 radical (unpaired) electrons. The van der Waals surface area contributed by atoms with Crippen molar-refractivity contribution in [2.45, 2.75) is 33.5 Å². The van der Waals surface area contributed by atoms with Crippen LogP contribution >= 0.6 is 0 Å². The Labute approximate surface area is 112 Å². The molecule has 1 aromatic carbocycles. The maximum absolute atomic E-state index is 13.1. The fourth-order valence-electron chi connectivity index (χ4n) is 2.03. The molecule has 0 bridgehead atoms. The van der Waals surface area contributed by atoms with Gasteiger partial charge in [0.15, 0.2) is 0 Å². The van der Waals surface area contributed by atoms with Gasteiger partial charge in [0.2, 0.25) is 0 Å². The highest BCUT2D eigenvalue weighted by Crippen LogP contribution is 2.34. The Kier molecular flexibility index (Phi) is 5.66. The third-order valence-electron chi connectivity index (χ3n) is 3.09. The summed E-state index contributed by atoms with van der Waals surface area (Å²) in [5.41, 5.74) is 0.376. The summed E-state index contributed by atoms with van der Waals surface area (Å²) in [5.74, 6) is 0. The molecule has 1 N–H and O–H groups in total. The normalized spacial score (nSPS) is 11.7. The van der Waals surface area contributed by atoms with E-state index in [0.29, 0.717) is 30.9 Å². The topological polar surface area (TPSA) is 15.3 Å². The van der Waals surface area contributed by atoms with Crippen LogP contribution < -0.4 is 10.2 Å². The van der Waals surface area contributed by atoms with E-state index in [9.17, 15) is 13.2 Å². The van der Waals surface area contributed by atoms with Crippen LogP contribution in [0.25, 0.3) is 0 Å². The van der Waals surface area contributed by atoms with Gasteiger partial charge in [0.1, 0.15) is 0 Å². The number of hydrogen-bond acceptors (Lipinski definition) is 2. The van der Waals surface area contributed by atoms with Crippen molar-refractivity contribution in [2.75, 3.05) is 24.5 Å². The summed E-state index contributed by atoms with van der Waals surface area (Å²) in [6.07, 6.45) is -4.31. The largest absolute Gasteiger partial charge is 0.416 e. The van der Waals surface area contributed by atoms with Gasteiger partial charge in [-0.2, -0.15) is 13.2 Å². The highest BCUT2D eigenvalue weighted by Gasteiger charge is 2.33. The minimum atomic E-state index is -4.31. The van der Waals surface area contributed by atoms with Gasteiger partial charge < -0.3 is 10.2 Å². The number of rotatable bonds is 6. The second-order valence-electron chi connectivity index (χ2n) is 4.29. The summed E-state index contributed by atoms with van der Waals surface area (Å²) < 4.78 is 39.2. The summed E-state index contributed by atoms with van der Waals surface area (Å²) in [7, 11) is 0. The van der Waals surface area contributed by atoms with Crippen LogP contribution in [0.1, 0.15) is 31.9 Å². The molecule has 0 saturated carbocycles. The average Bonchev–Trinajstić information content (AvgIpc) is 2.37. The van der Waals surface area contributed by atoms with Gasteiger partial charge in [0, 0.05) is 25.3 Å². The maximum atomic E-state index is 13.1. The molecule has 0 fully saturated rings. The Morgan fingerprint density at radius 2 is 1.74 bits per heavy atom. The van der Waals surface area contributed by atoms with Gasteiger partial charge in [0.05, 0.1) is 5.56 Å². The van der Waals surface area contributed by atoms with E-state index in [2.05, 4.69) is 5.32 Å². The number of benzene rings is 1. The van der Waals surface area contributed by atoms with Crippen molar-refractivity contribution in [1.29, 1.82) is 0 Å². The van der Waals surface area contributed by atoms with E-state index < -0.39 is 11.7 Å². The number of halogens is 3. The van der Waals surface area contributed by atoms with Gasteiger partial charge in [-0.05, 0) is 38.1 Å². The Bertz CT molecular complexity index is 398. The summed E-state index contributed by atoms with van der Waals surface area (Å²) in [4.78, 5) is 1.91. The lowest BCUT2D eigenvalue weighted by Gasteiger charge is -2.23. The Morgan fingerprint density at radius 1 is 1.11 bits per heavy atom. The van der Waals surface area contributed by atoms with Gasteiger partial charge in [0.25, 0.3) is 0 Å². The zero-order valence-corrected chi connectivity index (χ0v) is 11.6. The first-order chi connectivity index (χ1) is 8.93. The monoisotopic (exact) mass is 274 g/mol. The smallest absolute Gasteiger partial charge is 0.372 e. The molecule has 0 spiro atoms. The lowest BCUT2D eigenvalue weighted by atomic mass is 10.1. The highest BCUT2D eigenvalue weighted by molar-refractivity contribution is 5.51. The molecule has 0 aliphatic rings. The summed E-state index contributed by atoms with van der Waals surface area (Å²) in [5, 5.41) is 2.94. The summed E-state index contributed by atoms with van der Waals surface area (Å²) in [6, 6.07) is 4.58. The van der Waals surface area contributed by atoms with Crippen LogP contribution in [-0.2, 0) is 12.7 Å². The predicted octanol–water partition coefficient (Wildman–Crippen LogP) is 3.66. The molecular weight excluding hydrogens is 253 g/mol. The second-order valence-corrected chi connectivity index (χ2v) is 4.29. The van der Waals surface area contributed by atoms with Gasteiger partial charge in [-0.3, -0.25) is 0 Å². The molecule has 2 nitrogen and oxygen atoms in total. The average molecular weight is 274 g/mol. The zero-order valence-electron chi connectivity index (χ0n) is 11.6. The molecule has 0 aromatic heterocycles. The van der Waals surface area contributed by atoms with Crippen LogP contribution in [0.15, 0.2) is 18.2 Å². The molecule has 0 atom stereocenters. The lowest BCUT2D eigenvalue weighted by molar-refractivity contribution is -0.138. The van der Waals surface area contributed by atoms with Crippen LogP contribution in [0.3, 0.4) is 0 Å². The Balaban J connectivity index is 3.15. The number of alkyl halides is 3. The van der Waals surface area contributed by atoms with Crippen molar-refractivity contribution < 1.29 is 13.2 Å². The quantitative estimate of drug-likeness (QED) is 0.851. The standard InChI is InChI=1S/C14H21F3N2/c1-4-18-10-11-7-8-12(19(5-2)6-3)9-13(11)14(15,16)17/h7-9,18H,4-6,10H2,1-3H3. The van der Waals surface area contributed by atoms with Crippen LogP contribution in [0.4, 0.5) is 18.9 Å². The van der Waals surface area contributed by atoms with E-state index >= 15 is 0 Å². The van der Waals surface area contributed by atoms with E-state index in [4.69, 9.17) is 0 Å². The molecule has 1 aromatic rings. The van der Waals surface area contributed by atoms with Gasteiger partial charge in [-0.15, -0.1) is 0 Å². The van der Waals surface area contributed by atoms with E-state index in [1.807, 2.05) is 25.7 Å². The van der Waals surface area contributed by atoms with Crippen molar-refractivity contribution in [3.8, 4) is 0 Å². The van der Waals surface area contributed by atoms with Crippen molar-refractivity contribution in [2.24, 2.45) is 0 Å². The number of anilines is 1. The Morgan fingerprint density at radius 3 is 2.21 bits per heavy atom. The minimum absolute atomic E-state index is 0.240. The van der Waals surface area contributed by atoms with E-state index in [-0.39, 0.29) is 6.54 Å². The number of nitrogens with zero attached hydrogens (tertiary/aromatic N) is 1. The first-order valence-corrected chi connectivity index (χ1v) is 6.59. The molecule has 1 rings (SSSR count). The zero-order chi connectivity index (χ0) is 14.5. The minimum Gasteiger partial charge on any atom is -0.372 e. The van der Waals surface area contributed by atoms with Gasteiger partial charge in [-0.25, -0.2) is 0 Å². The lowest BCUT2D eigenvalue weighted by Crippen LogP contribution is -2.23. The van der Waals surface area contributed by atoms with E-state index in [0.717, 1.165) is 0 Å². The Hall–Kier alpha value is -1.23. The van der Waals surface area contributed by atoms with Crippen LogP contribution in [0, 0.1) is 0 Å². The molecule has 0 aliphatic carbocycles. The number of nitrogens with one attached hydrogen (secondary N) is 1. The van der Waals surface area contributed by atoms with Crippen LogP contribution in [-0.4, -0.2) is 19.6 Å². The van der Waals surface area contributed by atoms with Crippen molar-refractivity contribution >= 4 is 5.69 Å². The molecule has 0 unspecified atom stereocenters. The molecule has 0 heterocycles. The third kappa shape index (κ3) is 4.13. The molecule has 19 heavy (non-hydrogen) atoms. The first-order valence-electron chi connectivity index (χ1n) is 6.59. The van der Waals surface area contributed by atoms with Gasteiger partial charge in [-0.1, -0.05) is 13.0 Å². The second kappa shape index (κ2) is 6.80. The molecular formula is C14H21F3N2. The predicted molar refractivity (Wildman–Crippen MR) is 72.4 cm³/mol. The van der Waals surface area contributed by atoms with Crippen LogP contribution in [0.2, 0.25) is 0 Å². The first kappa shape index (κ1) is 15.8. The van der Waals surface area contributed by atoms with Crippen molar-refractivity contribution in [3.63, 3.8) is 0 Å². The third-order valence-corrected chi connectivity index (χ3v) is 3.09. The van der Waals surface area contributed by atoms with Crippen LogP contribution in [0.5, 0.6) is 0 Å². The van der Waals surface area contributed by atoms with Crippen molar-refractivity contribution in [3.05, 3.63) is 29.3 Å². The van der Waals surface area contributed by atoms with Gasteiger partial charge >= 0.3 is 6.18 Å². The number of hydrogen-bond donors (Lipinski definition) is 1. The fraction of sp³-hybridized carbons (Fsp3) is 0.571. The summed E-state index contributed by atoms with van der Waals surface area (Å²) >= 11 is 0. The maximum Gasteiger partial charge on any atom is 0.416 e.